The molecule has 17 heavy (non-hydrogen) atoms. The molecule has 0 radical (unpaired) electrons. The first-order chi connectivity index (χ1) is 8.31. The third-order valence-electron chi connectivity index (χ3n) is 2.75. The lowest BCUT2D eigenvalue weighted by Gasteiger charge is -2.13. The number of methoxy groups -OCH3 is 2. The second kappa shape index (κ2) is 5.03. The van der Waals surface area contributed by atoms with Crippen LogP contribution in [-0.4, -0.2) is 19.4 Å². The summed E-state index contributed by atoms with van der Waals surface area (Å²) in [6.45, 7) is 0.344. The summed E-state index contributed by atoms with van der Waals surface area (Å²) in [4.78, 5) is 0. The molecule has 4 nitrogen and oxygen atoms in total. The number of ether oxygens (including phenoxy) is 2. The van der Waals surface area contributed by atoms with E-state index in [9.17, 15) is 0 Å². The highest BCUT2D eigenvalue weighted by atomic mass is 16.5. The van der Waals surface area contributed by atoms with Crippen molar-refractivity contribution in [3.05, 3.63) is 35.9 Å². The van der Waals surface area contributed by atoms with Crippen molar-refractivity contribution in [3.63, 3.8) is 0 Å². The van der Waals surface area contributed by atoms with Crippen LogP contribution in [-0.2, 0) is 6.54 Å². The van der Waals surface area contributed by atoms with E-state index >= 15 is 0 Å². The molecule has 0 aliphatic rings. The lowest BCUT2D eigenvalue weighted by atomic mass is 10.0. The fraction of sp³-hybridized carbons (Fsp3) is 0.231. The Kier molecular flexibility index (Phi) is 3.46. The number of hydrogen-bond acceptors (Lipinski definition) is 4. The molecule has 4 heteroatoms. The third kappa shape index (κ3) is 2.05. The molecule has 0 unspecified atom stereocenters. The highest BCUT2D eigenvalue weighted by molar-refractivity contribution is 5.94. The van der Waals surface area contributed by atoms with Gasteiger partial charge >= 0.3 is 0 Å². The van der Waals surface area contributed by atoms with Gasteiger partial charge in [-0.2, -0.15) is 0 Å². The smallest absolute Gasteiger partial charge is 0.131 e. The number of benzene rings is 2. The van der Waals surface area contributed by atoms with Crippen molar-refractivity contribution in [1.29, 1.82) is 0 Å². The van der Waals surface area contributed by atoms with Crippen LogP contribution < -0.4 is 15.0 Å². The van der Waals surface area contributed by atoms with E-state index in [0.29, 0.717) is 6.54 Å². The lowest BCUT2D eigenvalue weighted by Crippen LogP contribution is -2.07. The van der Waals surface area contributed by atoms with E-state index in [2.05, 4.69) is 5.48 Å². The normalized spacial score (nSPS) is 10.5. The summed E-state index contributed by atoms with van der Waals surface area (Å²) in [5.74, 6) is 1.56. The van der Waals surface area contributed by atoms with Gasteiger partial charge in [-0.1, -0.05) is 24.3 Å². The Morgan fingerprint density at radius 2 is 1.88 bits per heavy atom. The van der Waals surface area contributed by atoms with Crippen LogP contribution in [0.15, 0.2) is 30.3 Å². The minimum atomic E-state index is 0.344. The molecule has 2 aromatic rings. The van der Waals surface area contributed by atoms with Gasteiger partial charge in [0.05, 0.1) is 14.2 Å². The van der Waals surface area contributed by atoms with E-state index in [1.165, 1.54) is 0 Å². The van der Waals surface area contributed by atoms with E-state index < -0.39 is 0 Å². The zero-order valence-corrected chi connectivity index (χ0v) is 9.86. The fourth-order valence-corrected chi connectivity index (χ4v) is 1.99. The molecule has 0 fully saturated rings. The molecule has 0 heterocycles. The lowest BCUT2D eigenvalue weighted by molar-refractivity contribution is 0.160. The quantitative estimate of drug-likeness (QED) is 0.796. The van der Waals surface area contributed by atoms with E-state index in [4.69, 9.17) is 14.7 Å². The van der Waals surface area contributed by atoms with Crippen LogP contribution in [0.2, 0.25) is 0 Å². The van der Waals surface area contributed by atoms with Gasteiger partial charge in [-0.15, -0.1) is 0 Å². The van der Waals surface area contributed by atoms with Gasteiger partial charge in [0.25, 0.3) is 0 Å². The molecule has 90 valence electrons. The Hall–Kier alpha value is -1.78. The first kappa shape index (κ1) is 11.7. The summed E-state index contributed by atoms with van der Waals surface area (Å²) < 4.78 is 10.7. The van der Waals surface area contributed by atoms with Gasteiger partial charge in [-0.25, -0.2) is 5.48 Å². The minimum absolute atomic E-state index is 0.344. The molecule has 0 aliphatic carbocycles. The second-order valence-electron chi connectivity index (χ2n) is 3.65. The van der Waals surface area contributed by atoms with Crippen molar-refractivity contribution in [1.82, 2.24) is 5.48 Å². The summed E-state index contributed by atoms with van der Waals surface area (Å²) in [5.41, 5.74) is 3.04. The molecular formula is C13H15NO3. The van der Waals surface area contributed by atoms with Crippen molar-refractivity contribution < 1.29 is 14.7 Å². The molecule has 2 rings (SSSR count). The zero-order valence-electron chi connectivity index (χ0n) is 9.86. The molecule has 0 spiro atoms. The highest BCUT2D eigenvalue weighted by Crippen LogP contribution is 2.34. The largest absolute Gasteiger partial charge is 0.496 e. The predicted octanol–water partition coefficient (Wildman–Crippen LogP) is 2.34. The van der Waals surface area contributed by atoms with Gasteiger partial charge in [0.2, 0.25) is 0 Å². The molecule has 2 N–H and O–H groups in total. The molecule has 0 saturated heterocycles. The molecule has 0 atom stereocenters. The van der Waals surface area contributed by atoms with Crippen LogP contribution >= 0.6 is 0 Å². The number of rotatable bonds is 4. The second-order valence-corrected chi connectivity index (χ2v) is 3.65. The van der Waals surface area contributed by atoms with Crippen molar-refractivity contribution in [3.8, 4) is 11.5 Å². The van der Waals surface area contributed by atoms with Crippen LogP contribution in [0, 0.1) is 0 Å². The summed E-state index contributed by atoms with van der Waals surface area (Å²) in [6.07, 6.45) is 0. The average Bonchev–Trinajstić information content (AvgIpc) is 2.38. The Bertz CT molecular complexity index is 525. The fourth-order valence-electron chi connectivity index (χ4n) is 1.99. The molecule has 2 aromatic carbocycles. The van der Waals surface area contributed by atoms with Crippen LogP contribution in [0.25, 0.3) is 10.8 Å². The van der Waals surface area contributed by atoms with Gasteiger partial charge in [0.1, 0.15) is 11.5 Å². The van der Waals surface area contributed by atoms with Crippen molar-refractivity contribution >= 4 is 10.8 Å². The Balaban J connectivity index is 2.69. The van der Waals surface area contributed by atoms with Crippen LogP contribution in [0.4, 0.5) is 0 Å². The maximum atomic E-state index is 8.78. The Morgan fingerprint density at radius 3 is 2.53 bits per heavy atom. The van der Waals surface area contributed by atoms with Gasteiger partial charge in [-0.05, 0) is 6.07 Å². The number of hydroxylamine groups is 1. The molecule has 0 aromatic heterocycles. The molecule has 0 saturated carbocycles. The van der Waals surface area contributed by atoms with Gasteiger partial charge < -0.3 is 14.7 Å². The third-order valence-corrected chi connectivity index (χ3v) is 2.75. The summed E-state index contributed by atoms with van der Waals surface area (Å²) >= 11 is 0. The minimum Gasteiger partial charge on any atom is -0.496 e. The number of fused-ring (bicyclic) bond motifs is 1. The van der Waals surface area contributed by atoms with Crippen molar-refractivity contribution in [2.24, 2.45) is 0 Å². The molecular weight excluding hydrogens is 218 g/mol. The number of hydrogen-bond donors (Lipinski definition) is 2. The summed E-state index contributed by atoms with van der Waals surface area (Å²) in [5, 5.41) is 10.7. The predicted molar refractivity (Wildman–Crippen MR) is 65.7 cm³/mol. The topological polar surface area (TPSA) is 50.7 Å². The molecule has 0 bridgehead atoms. The maximum Gasteiger partial charge on any atom is 0.131 e. The van der Waals surface area contributed by atoms with Gasteiger partial charge in [0, 0.05) is 22.9 Å². The van der Waals surface area contributed by atoms with E-state index in [1.807, 2.05) is 30.3 Å². The zero-order chi connectivity index (χ0) is 12.3. The van der Waals surface area contributed by atoms with E-state index in [0.717, 1.165) is 27.8 Å². The Morgan fingerprint density at radius 1 is 1.06 bits per heavy atom. The standard InChI is InChI=1S/C13H15NO3/c1-16-12-5-3-4-11-10(12)7-6-9(8-14-15)13(11)17-2/h3-7,14-15H,8H2,1-2H3. The highest BCUT2D eigenvalue weighted by Gasteiger charge is 2.10. The molecule has 0 aliphatic heterocycles. The van der Waals surface area contributed by atoms with E-state index in [1.54, 1.807) is 14.2 Å². The van der Waals surface area contributed by atoms with E-state index in [-0.39, 0.29) is 0 Å². The first-order valence-electron chi connectivity index (χ1n) is 5.31. The average molecular weight is 233 g/mol. The summed E-state index contributed by atoms with van der Waals surface area (Å²) in [7, 11) is 3.26. The SMILES string of the molecule is COc1cccc2c(OC)c(CNO)ccc12. The number of nitrogens with one attached hydrogen (secondary N) is 1. The van der Waals surface area contributed by atoms with Crippen LogP contribution in [0.1, 0.15) is 5.56 Å². The van der Waals surface area contributed by atoms with Gasteiger partial charge in [0.15, 0.2) is 0 Å². The van der Waals surface area contributed by atoms with Crippen LogP contribution in [0.5, 0.6) is 11.5 Å². The molecule has 0 amide bonds. The monoisotopic (exact) mass is 233 g/mol. The van der Waals surface area contributed by atoms with Gasteiger partial charge in [-0.3, -0.25) is 0 Å². The summed E-state index contributed by atoms with van der Waals surface area (Å²) in [6, 6.07) is 9.67. The van der Waals surface area contributed by atoms with Crippen LogP contribution in [0.3, 0.4) is 0 Å². The van der Waals surface area contributed by atoms with Crippen molar-refractivity contribution in [2.45, 2.75) is 6.54 Å². The Labute approximate surface area is 99.7 Å². The first-order valence-corrected chi connectivity index (χ1v) is 5.31. The van der Waals surface area contributed by atoms with Crippen molar-refractivity contribution in [2.75, 3.05) is 14.2 Å². The maximum absolute atomic E-state index is 8.78.